The Morgan fingerprint density at radius 1 is 1.23 bits per heavy atom. The van der Waals surface area contributed by atoms with Crippen LogP contribution in [-0.2, 0) is 16.9 Å². The molecule has 2 aliphatic rings. The van der Waals surface area contributed by atoms with Crippen LogP contribution >= 0.6 is 11.3 Å². The SMILES string of the molecule is C=C=C(NC1(c2cc(F)cc(/C(C=NC3CC3)=C/N)c2)CC1)c1ccccc1CNC(=O)/C=C/CC.CNCC#Cc1ncc(F)s1. The van der Waals surface area contributed by atoms with Gasteiger partial charge < -0.3 is 21.7 Å². The third kappa shape index (κ3) is 10.6. The fourth-order valence-corrected chi connectivity index (χ4v) is 5.14. The first-order valence-electron chi connectivity index (χ1n) is 15.5. The number of aliphatic imine (C=N–C) groups is 1. The van der Waals surface area contributed by atoms with Crippen molar-refractivity contribution in [3.8, 4) is 11.8 Å². The topological polar surface area (TPSA) is 104 Å². The van der Waals surface area contributed by atoms with Crippen LogP contribution in [-0.4, -0.2) is 36.7 Å². The molecule has 1 heterocycles. The van der Waals surface area contributed by atoms with Gasteiger partial charge in [0.15, 0.2) is 10.1 Å². The molecule has 2 aromatic carbocycles. The van der Waals surface area contributed by atoms with Crippen LogP contribution in [0.5, 0.6) is 0 Å². The van der Waals surface area contributed by atoms with E-state index in [2.05, 4.69) is 50.1 Å². The number of hydrogen-bond donors (Lipinski definition) is 4. The van der Waals surface area contributed by atoms with Crippen LogP contribution in [0.1, 0.15) is 66.3 Å². The molecular formula is C37H40F2N6OS. The molecule has 244 valence electrons. The van der Waals surface area contributed by atoms with Gasteiger partial charge in [0.05, 0.1) is 30.0 Å². The molecule has 0 radical (unpaired) electrons. The molecule has 2 saturated carbocycles. The highest BCUT2D eigenvalue weighted by Gasteiger charge is 2.45. The Labute approximate surface area is 279 Å². The molecule has 1 aromatic heterocycles. The highest BCUT2D eigenvalue weighted by molar-refractivity contribution is 7.10. The summed E-state index contributed by atoms with van der Waals surface area (Å²) in [5.41, 5.74) is 13.3. The normalized spacial score (nSPS) is 14.9. The third-order valence-corrected chi connectivity index (χ3v) is 8.11. The molecule has 47 heavy (non-hydrogen) atoms. The quantitative estimate of drug-likeness (QED) is 0.0807. The van der Waals surface area contributed by atoms with Gasteiger partial charge in [-0.05, 0) is 86.0 Å². The Morgan fingerprint density at radius 2 is 2.02 bits per heavy atom. The number of carbonyl (C=O) groups is 1. The number of benzene rings is 2. The van der Waals surface area contributed by atoms with E-state index in [1.165, 1.54) is 18.5 Å². The smallest absolute Gasteiger partial charge is 0.243 e. The summed E-state index contributed by atoms with van der Waals surface area (Å²) >= 11 is 0.959. The van der Waals surface area contributed by atoms with Gasteiger partial charge in [-0.2, -0.15) is 4.39 Å². The summed E-state index contributed by atoms with van der Waals surface area (Å²) in [5.74, 6) is 5.05. The summed E-state index contributed by atoms with van der Waals surface area (Å²) in [5, 5.41) is 9.60. The van der Waals surface area contributed by atoms with Crippen LogP contribution in [0.25, 0.3) is 11.3 Å². The lowest BCUT2D eigenvalue weighted by Gasteiger charge is -2.23. The second kappa shape index (κ2) is 17.2. The van der Waals surface area contributed by atoms with Gasteiger partial charge in [-0.1, -0.05) is 61.1 Å². The molecule has 10 heteroatoms. The number of amides is 1. The minimum absolute atomic E-state index is 0.135. The standard InChI is InChI=1S/C30H33FN4O.C7H7FN2S/c1-3-5-10-29(36)34-19-21-8-6-7-9-27(21)28(4-2)35-30(13-14-30)24-15-22(16-25(31)17-24)23(18-32)20-33-26-11-12-26;1-9-4-2-3-7-10-5-6(8)11-7/h5-10,15-18,20,26,35H,2-3,11-14,19,32H2,1H3,(H,34,36);5,9H,4H2,1H3/b10-5+,23-18+,33-20?;. The molecular weight excluding hydrogens is 615 g/mol. The predicted octanol–water partition coefficient (Wildman–Crippen LogP) is 6.20. The van der Waals surface area contributed by atoms with Crippen LogP contribution < -0.4 is 21.7 Å². The average Bonchev–Trinajstić information content (AvgIpc) is 4.01. The van der Waals surface area contributed by atoms with Crippen LogP contribution in [0, 0.1) is 22.8 Å². The van der Waals surface area contributed by atoms with E-state index in [0.29, 0.717) is 35.3 Å². The van der Waals surface area contributed by atoms with E-state index in [4.69, 9.17) is 5.73 Å². The van der Waals surface area contributed by atoms with Gasteiger partial charge >= 0.3 is 0 Å². The number of carbonyl (C=O) groups excluding carboxylic acids is 1. The summed E-state index contributed by atoms with van der Waals surface area (Å²) in [6.45, 7) is 6.86. The molecule has 5 N–H and O–H groups in total. The van der Waals surface area contributed by atoms with Gasteiger partial charge in [-0.15, -0.1) is 5.73 Å². The summed E-state index contributed by atoms with van der Waals surface area (Å²) in [7, 11) is 1.80. The van der Waals surface area contributed by atoms with E-state index in [-0.39, 0.29) is 16.9 Å². The molecule has 0 unspecified atom stereocenters. The first-order chi connectivity index (χ1) is 22.8. The highest BCUT2D eigenvalue weighted by Crippen LogP contribution is 2.48. The Morgan fingerprint density at radius 3 is 2.66 bits per heavy atom. The first-order valence-corrected chi connectivity index (χ1v) is 16.3. The van der Waals surface area contributed by atoms with E-state index in [0.717, 1.165) is 65.8 Å². The third-order valence-electron chi connectivity index (χ3n) is 7.41. The second-order valence-corrected chi connectivity index (χ2v) is 12.1. The lowest BCUT2D eigenvalue weighted by Crippen LogP contribution is -2.28. The van der Waals surface area contributed by atoms with E-state index < -0.39 is 5.54 Å². The number of nitrogens with two attached hydrogens (primary N) is 1. The fraction of sp³-hybridized carbons (Fsp3) is 0.297. The van der Waals surface area contributed by atoms with E-state index in [9.17, 15) is 13.6 Å². The molecule has 3 aromatic rings. The zero-order valence-corrected chi connectivity index (χ0v) is 27.5. The number of thiazole rings is 1. The Kier molecular flexibility index (Phi) is 12.8. The molecule has 1 amide bonds. The van der Waals surface area contributed by atoms with Crippen molar-refractivity contribution < 1.29 is 13.6 Å². The minimum Gasteiger partial charge on any atom is -0.404 e. The predicted molar refractivity (Wildman–Crippen MR) is 187 cm³/mol. The average molecular weight is 655 g/mol. The lowest BCUT2D eigenvalue weighted by molar-refractivity contribution is -0.116. The van der Waals surface area contributed by atoms with Crippen molar-refractivity contribution in [1.29, 1.82) is 0 Å². The van der Waals surface area contributed by atoms with Crippen LogP contribution in [0.4, 0.5) is 8.78 Å². The van der Waals surface area contributed by atoms with Crippen LogP contribution in [0.2, 0.25) is 0 Å². The number of nitrogens with one attached hydrogen (secondary N) is 3. The molecule has 2 aliphatic carbocycles. The minimum atomic E-state index is -0.426. The Balaban J connectivity index is 0.000000385. The summed E-state index contributed by atoms with van der Waals surface area (Å²) in [6.07, 6.45) is 12.5. The number of halogens is 2. The number of hydrogen-bond acceptors (Lipinski definition) is 7. The van der Waals surface area contributed by atoms with Crippen molar-refractivity contribution in [2.24, 2.45) is 10.7 Å². The van der Waals surface area contributed by atoms with Crippen molar-refractivity contribution in [2.75, 3.05) is 13.6 Å². The lowest BCUT2D eigenvalue weighted by atomic mass is 9.97. The van der Waals surface area contributed by atoms with E-state index in [1.807, 2.05) is 43.3 Å². The maximum absolute atomic E-state index is 14.7. The van der Waals surface area contributed by atoms with Gasteiger partial charge in [-0.25, -0.2) is 9.37 Å². The Bertz CT molecular complexity index is 1750. The van der Waals surface area contributed by atoms with Gasteiger partial charge in [0.25, 0.3) is 0 Å². The molecule has 0 atom stereocenters. The van der Waals surface area contributed by atoms with Gasteiger partial charge in [-0.3, -0.25) is 9.79 Å². The molecule has 2 fully saturated rings. The molecule has 0 bridgehead atoms. The zero-order chi connectivity index (χ0) is 33.6. The van der Waals surface area contributed by atoms with Gasteiger partial charge in [0.2, 0.25) is 5.91 Å². The molecule has 0 aliphatic heterocycles. The molecule has 7 nitrogen and oxygen atoms in total. The monoisotopic (exact) mass is 654 g/mol. The van der Waals surface area contributed by atoms with Gasteiger partial charge in [0, 0.05) is 30.1 Å². The maximum Gasteiger partial charge on any atom is 0.243 e. The summed E-state index contributed by atoms with van der Waals surface area (Å²) < 4.78 is 27.1. The summed E-state index contributed by atoms with van der Waals surface area (Å²) in [6, 6.07) is 13.2. The number of nitrogens with zero attached hydrogens (tertiary/aromatic N) is 2. The molecule has 0 saturated heterocycles. The summed E-state index contributed by atoms with van der Waals surface area (Å²) in [4.78, 5) is 20.3. The maximum atomic E-state index is 14.7. The first kappa shape index (κ1) is 35.1. The molecule has 0 spiro atoms. The number of aromatic nitrogens is 1. The van der Waals surface area contributed by atoms with E-state index in [1.54, 1.807) is 25.4 Å². The largest absolute Gasteiger partial charge is 0.404 e. The van der Waals surface area contributed by atoms with Crippen molar-refractivity contribution in [2.45, 2.75) is 57.2 Å². The van der Waals surface area contributed by atoms with Crippen molar-refractivity contribution >= 4 is 34.7 Å². The van der Waals surface area contributed by atoms with E-state index >= 15 is 0 Å². The van der Waals surface area contributed by atoms with Crippen LogP contribution in [0.15, 0.2) is 84.3 Å². The fourth-order valence-electron chi connectivity index (χ4n) is 4.62. The second-order valence-electron chi connectivity index (χ2n) is 11.1. The van der Waals surface area contributed by atoms with Crippen molar-refractivity contribution in [1.82, 2.24) is 20.9 Å². The van der Waals surface area contributed by atoms with Crippen molar-refractivity contribution in [3.05, 3.63) is 118 Å². The van der Waals surface area contributed by atoms with Crippen molar-refractivity contribution in [3.63, 3.8) is 0 Å². The number of allylic oxidation sites excluding steroid dienone is 2. The molecule has 5 rings (SSSR count). The number of rotatable bonds is 12. The zero-order valence-electron chi connectivity index (χ0n) is 26.7. The highest BCUT2D eigenvalue weighted by atomic mass is 32.1. The van der Waals surface area contributed by atoms with Gasteiger partial charge in [0.1, 0.15) is 5.82 Å². The Hall–Kier alpha value is -4.81. The van der Waals surface area contributed by atoms with Crippen LogP contribution in [0.3, 0.4) is 0 Å².